The molecule has 0 aliphatic heterocycles. The fourth-order valence-corrected chi connectivity index (χ4v) is 3.14. The molecule has 0 aromatic carbocycles. The van der Waals surface area contributed by atoms with E-state index in [-0.39, 0.29) is 6.61 Å². The van der Waals surface area contributed by atoms with E-state index in [9.17, 15) is 5.11 Å². The molecule has 1 aromatic heterocycles. The predicted octanol–water partition coefficient (Wildman–Crippen LogP) is 1.55. The monoisotopic (exact) mass is 257 g/mol. The number of rotatable bonds is 5. The van der Waals surface area contributed by atoms with Gasteiger partial charge in [-0.25, -0.2) is 0 Å². The minimum Gasteiger partial charge on any atom is -0.490 e. The number of ether oxygens (including phenoxy) is 1. The van der Waals surface area contributed by atoms with Gasteiger partial charge < -0.3 is 20.9 Å². The van der Waals surface area contributed by atoms with Crippen LogP contribution in [0.5, 0.6) is 5.75 Å². The lowest BCUT2D eigenvalue weighted by Gasteiger charge is -2.17. The molecule has 5 nitrogen and oxygen atoms in total. The van der Waals surface area contributed by atoms with Gasteiger partial charge in [-0.1, -0.05) is 6.42 Å². The molecule has 0 saturated heterocycles. The number of hydrogen-bond acceptors (Lipinski definition) is 6. The van der Waals surface area contributed by atoms with E-state index < -0.39 is 0 Å². The van der Waals surface area contributed by atoms with Gasteiger partial charge >= 0.3 is 0 Å². The highest BCUT2D eigenvalue weighted by Gasteiger charge is 2.26. The second-order valence-electron chi connectivity index (χ2n) is 4.44. The molecule has 4 N–H and O–H groups in total. The fourth-order valence-electron chi connectivity index (χ4n) is 2.45. The van der Waals surface area contributed by atoms with E-state index in [1.54, 1.807) is 7.11 Å². The molecule has 2 unspecified atom stereocenters. The average molecular weight is 257 g/mol. The van der Waals surface area contributed by atoms with E-state index in [2.05, 4.69) is 9.69 Å². The zero-order valence-electron chi connectivity index (χ0n) is 9.98. The maximum absolute atomic E-state index is 9.26. The maximum atomic E-state index is 9.26. The summed E-state index contributed by atoms with van der Waals surface area (Å²) in [5.41, 5.74) is 5.68. The lowest BCUT2D eigenvalue weighted by Crippen LogP contribution is -2.20. The normalized spacial score (nSPS) is 23.9. The van der Waals surface area contributed by atoms with Crippen molar-refractivity contribution in [3.05, 3.63) is 0 Å². The summed E-state index contributed by atoms with van der Waals surface area (Å²) in [4.78, 5) is 0. The summed E-state index contributed by atoms with van der Waals surface area (Å²) in [6.07, 6.45) is 3.51. The van der Waals surface area contributed by atoms with Gasteiger partial charge in [0.2, 0.25) is 0 Å². The van der Waals surface area contributed by atoms with Crippen LogP contribution in [0.4, 0.5) is 10.8 Å². The first-order chi connectivity index (χ1) is 8.26. The molecule has 0 spiro atoms. The van der Waals surface area contributed by atoms with E-state index in [0.29, 0.717) is 23.4 Å². The van der Waals surface area contributed by atoms with Crippen LogP contribution < -0.4 is 15.8 Å². The second kappa shape index (κ2) is 5.55. The largest absolute Gasteiger partial charge is 0.490 e. The lowest BCUT2D eigenvalue weighted by atomic mass is 9.97. The standard InChI is InChI=1S/C11H19N3O2S/c1-16-9-10(12)14-17-11(9)13-5-7-3-2-4-8(7)6-15/h7-8,13,15H,2-6H2,1H3,(H2,12,14). The van der Waals surface area contributed by atoms with Crippen molar-refractivity contribution in [2.75, 3.05) is 31.3 Å². The van der Waals surface area contributed by atoms with Crippen LogP contribution in [0, 0.1) is 11.8 Å². The molecule has 17 heavy (non-hydrogen) atoms. The SMILES string of the molecule is COc1c(N)nsc1NCC1CCCC1CO. The van der Waals surface area contributed by atoms with Crippen LogP contribution in [0.2, 0.25) is 0 Å². The molecule has 1 fully saturated rings. The number of nitrogens with one attached hydrogen (secondary N) is 1. The van der Waals surface area contributed by atoms with Crippen LogP contribution in [-0.4, -0.2) is 29.7 Å². The second-order valence-corrected chi connectivity index (χ2v) is 5.22. The summed E-state index contributed by atoms with van der Waals surface area (Å²) in [6.45, 7) is 1.14. The van der Waals surface area contributed by atoms with Gasteiger partial charge in [0.05, 0.1) is 7.11 Å². The van der Waals surface area contributed by atoms with Crippen molar-refractivity contribution in [3.8, 4) is 5.75 Å². The Labute approximate surface area is 105 Å². The highest BCUT2D eigenvalue weighted by atomic mass is 32.1. The summed E-state index contributed by atoms with van der Waals surface area (Å²) in [5.74, 6) is 2.03. The molecule has 2 rings (SSSR count). The number of aliphatic hydroxyl groups excluding tert-OH is 1. The van der Waals surface area contributed by atoms with Crippen molar-refractivity contribution >= 4 is 22.4 Å². The van der Waals surface area contributed by atoms with Crippen molar-refractivity contribution < 1.29 is 9.84 Å². The van der Waals surface area contributed by atoms with E-state index in [1.165, 1.54) is 24.4 Å². The number of aromatic nitrogens is 1. The first-order valence-corrected chi connectivity index (χ1v) is 6.67. The number of nitrogen functional groups attached to an aromatic ring is 1. The molecule has 1 heterocycles. The van der Waals surface area contributed by atoms with E-state index in [0.717, 1.165) is 18.0 Å². The number of aliphatic hydroxyl groups is 1. The highest BCUT2D eigenvalue weighted by Crippen LogP contribution is 2.36. The van der Waals surface area contributed by atoms with Gasteiger partial charge in [0.25, 0.3) is 0 Å². The Bertz CT molecular complexity index is 370. The third kappa shape index (κ3) is 2.63. The minimum atomic E-state index is 0.286. The Morgan fingerprint density at radius 3 is 3.00 bits per heavy atom. The number of anilines is 2. The number of nitrogens with two attached hydrogens (primary N) is 1. The molecule has 0 amide bonds. The third-order valence-corrected chi connectivity index (χ3v) is 4.25. The Balaban J connectivity index is 1.93. The Hall–Kier alpha value is -1.01. The molecule has 2 atom stereocenters. The van der Waals surface area contributed by atoms with E-state index in [1.807, 2.05) is 0 Å². The summed E-state index contributed by atoms with van der Waals surface area (Å²) in [7, 11) is 1.59. The van der Waals surface area contributed by atoms with Crippen LogP contribution in [0.15, 0.2) is 0 Å². The van der Waals surface area contributed by atoms with Crippen molar-refractivity contribution in [1.82, 2.24) is 4.37 Å². The number of methoxy groups -OCH3 is 1. The van der Waals surface area contributed by atoms with Gasteiger partial charge in [0, 0.05) is 13.2 Å². The molecule has 0 radical (unpaired) electrons. The first kappa shape index (κ1) is 12.4. The molecule has 1 aromatic rings. The Kier molecular flexibility index (Phi) is 4.06. The van der Waals surface area contributed by atoms with Crippen LogP contribution in [0.25, 0.3) is 0 Å². The Morgan fingerprint density at radius 1 is 1.53 bits per heavy atom. The molecule has 1 saturated carbocycles. The summed E-state index contributed by atoms with van der Waals surface area (Å²) < 4.78 is 9.25. The molecule has 0 bridgehead atoms. The van der Waals surface area contributed by atoms with Crippen LogP contribution >= 0.6 is 11.5 Å². The molecule has 6 heteroatoms. The lowest BCUT2D eigenvalue weighted by molar-refractivity contribution is 0.199. The van der Waals surface area contributed by atoms with Crippen LogP contribution in [0.3, 0.4) is 0 Å². The molecule has 96 valence electrons. The smallest absolute Gasteiger partial charge is 0.197 e. The minimum absolute atomic E-state index is 0.286. The topological polar surface area (TPSA) is 80.4 Å². The van der Waals surface area contributed by atoms with Gasteiger partial charge in [-0.3, -0.25) is 0 Å². The summed E-state index contributed by atoms with van der Waals surface area (Å²) in [6, 6.07) is 0. The highest BCUT2D eigenvalue weighted by molar-refractivity contribution is 7.11. The Morgan fingerprint density at radius 2 is 2.29 bits per heavy atom. The molecule has 1 aliphatic carbocycles. The quantitative estimate of drug-likeness (QED) is 0.746. The summed E-state index contributed by atoms with van der Waals surface area (Å²) in [5, 5.41) is 13.5. The van der Waals surface area contributed by atoms with Crippen molar-refractivity contribution in [2.24, 2.45) is 11.8 Å². The first-order valence-electron chi connectivity index (χ1n) is 5.90. The zero-order valence-corrected chi connectivity index (χ0v) is 10.8. The molecular formula is C11H19N3O2S. The summed E-state index contributed by atoms with van der Waals surface area (Å²) >= 11 is 1.32. The molecule has 1 aliphatic rings. The van der Waals surface area contributed by atoms with Gasteiger partial charge in [-0.2, -0.15) is 4.37 Å². The van der Waals surface area contributed by atoms with Crippen LogP contribution in [0.1, 0.15) is 19.3 Å². The van der Waals surface area contributed by atoms with Crippen LogP contribution in [-0.2, 0) is 0 Å². The van der Waals surface area contributed by atoms with Gasteiger partial charge in [0.1, 0.15) is 0 Å². The predicted molar refractivity (Wildman–Crippen MR) is 69.5 cm³/mol. The number of nitrogens with zero attached hydrogens (tertiary/aromatic N) is 1. The van der Waals surface area contributed by atoms with E-state index >= 15 is 0 Å². The van der Waals surface area contributed by atoms with E-state index in [4.69, 9.17) is 10.5 Å². The molecular weight excluding hydrogens is 238 g/mol. The van der Waals surface area contributed by atoms with Gasteiger partial charge in [-0.05, 0) is 36.2 Å². The zero-order chi connectivity index (χ0) is 12.3. The van der Waals surface area contributed by atoms with Crippen molar-refractivity contribution in [2.45, 2.75) is 19.3 Å². The number of hydrogen-bond donors (Lipinski definition) is 3. The van der Waals surface area contributed by atoms with Crippen molar-refractivity contribution in [1.29, 1.82) is 0 Å². The van der Waals surface area contributed by atoms with Gasteiger partial charge in [-0.15, -0.1) is 0 Å². The fraction of sp³-hybridized carbons (Fsp3) is 0.727. The van der Waals surface area contributed by atoms with Gasteiger partial charge in [0.15, 0.2) is 16.6 Å². The third-order valence-electron chi connectivity index (χ3n) is 3.45. The van der Waals surface area contributed by atoms with Crippen molar-refractivity contribution in [3.63, 3.8) is 0 Å². The average Bonchev–Trinajstić information content (AvgIpc) is 2.92. The maximum Gasteiger partial charge on any atom is 0.197 e.